The molecule has 1 aromatic carbocycles. The van der Waals surface area contributed by atoms with Crippen molar-refractivity contribution in [2.45, 2.75) is 19.4 Å². The summed E-state index contributed by atoms with van der Waals surface area (Å²) in [7, 11) is -1.52. The van der Waals surface area contributed by atoms with Gasteiger partial charge >= 0.3 is 0 Å². The second-order valence-corrected chi connectivity index (χ2v) is 11.2. The molecule has 10 heteroatoms. The van der Waals surface area contributed by atoms with Crippen LogP contribution in [0.2, 0.25) is 0 Å². The zero-order valence-corrected chi connectivity index (χ0v) is 19.7. The Morgan fingerprint density at radius 1 is 1.24 bits per heavy atom. The molecule has 3 aromatic heterocycles. The van der Waals surface area contributed by atoms with Crippen molar-refractivity contribution in [2.75, 3.05) is 23.9 Å². The smallest absolute Gasteiger partial charge is 0.256 e. The van der Waals surface area contributed by atoms with E-state index in [4.69, 9.17) is 9.72 Å². The molecule has 1 aliphatic rings. The SMILES string of the molecule is COc1ccc(NC(=O)c2cc(-c3cccs3)nc3c2c(C)nn3C2CCS(=O)(=O)C2)cc1. The van der Waals surface area contributed by atoms with Crippen LogP contribution in [0.1, 0.15) is 28.5 Å². The van der Waals surface area contributed by atoms with Crippen LogP contribution in [-0.2, 0) is 9.84 Å². The summed E-state index contributed by atoms with van der Waals surface area (Å²) in [6.45, 7) is 1.82. The Balaban J connectivity index is 1.63. The van der Waals surface area contributed by atoms with Gasteiger partial charge < -0.3 is 10.1 Å². The molecule has 1 fully saturated rings. The number of aryl methyl sites for hydroxylation is 1. The number of thiophene rings is 1. The summed E-state index contributed by atoms with van der Waals surface area (Å²) in [5.41, 5.74) is 2.90. The van der Waals surface area contributed by atoms with E-state index >= 15 is 0 Å². The third-order valence-corrected chi connectivity index (χ3v) is 8.40. The number of aromatic nitrogens is 3. The second-order valence-electron chi connectivity index (χ2n) is 8.00. The number of pyridine rings is 1. The van der Waals surface area contributed by atoms with Gasteiger partial charge in [0, 0.05) is 5.69 Å². The molecular weight excluding hydrogens is 460 g/mol. The van der Waals surface area contributed by atoms with E-state index in [-0.39, 0.29) is 23.5 Å². The number of sulfone groups is 1. The molecule has 1 N–H and O–H groups in total. The van der Waals surface area contributed by atoms with Gasteiger partial charge in [-0.2, -0.15) is 5.10 Å². The van der Waals surface area contributed by atoms with E-state index in [1.54, 1.807) is 42.1 Å². The molecule has 0 radical (unpaired) electrons. The summed E-state index contributed by atoms with van der Waals surface area (Å²) in [6, 6.07) is 12.4. The Hall–Kier alpha value is -3.24. The molecule has 0 saturated carbocycles. The minimum Gasteiger partial charge on any atom is -0.497 e. The lowest BCUT2D eigenvalue weighted by Crippen LogP contribution is -2.15. The first-order valence-electron chi connectivity index (χ1n) is 10.4. The molecule has 0 aliphatic carbocycles. The van der Waals surface area contributed by atoms with Gasteiger partial charge in [0.1, 0.15) is 5.75 Å². The average Bonchev–Trinajstić information content (AvgIpc) is 3.53. The number of methoxy groups -OCH3 is 1. The van der Waals surface area contributed by atoms with Crippen LogP contribution in [0.25, 0.3) is 21.6 Å². The Kier molecular flexibility index (Phi) is 5.41. The van der Waals surface area contributed by atoms with Crippen molar-refractivity contribution in [3.05, 3.63) is 59.1 Å². The molecule has 8 nitrogen and oxygen atoms in total. The number of carbonyl (C=O) groups is 1. The van der Waals surface area contributed by atoms with E-state index in [1.807, 2.05) is 24.4 Å². The van der Waals surface area contributed by atoms with Gasteiger partial charge in [-0.25, -0.2) is 18.1 Å². The molecule has 170 valence electrons. The van der Waals surface area contributed by atoms with Crippen LogP contribution in [0.5, 0.6) is 5.75 Å². The number of nitrogens with one attached hydrogen (secondary N) is 1. The standard InChI is InChI=1S/C23H22N4O4S2/c1-14-21-18(23(28)24-15-5-7-17(31-2)8-6-15)12-19(20-4-3-10-32-20)25-22(21)27(26-14)16-9-11-33(29,30)13-16/h3-8,10,12,16H,9,11,13H2,1-2H3,(H,24,28). The molecule has 1 amide bonds. The van der Waals surface area contributed by atoms with Crippen LogP contribution in [0.15, 0.2) is 47.8 Å². The number of nitrogens with zero attached hydrogens (tertiary/aromatic N) is 3. The fraction of sp³-hybridized carbons (Fsp3) is 0.261. The first-order chi connectivity index (χ1) is 15.8. The summed E-state index contributed by atoms with van der Waals surface area (Å²) >= 11 is 1.52. The predicted octanol–water partition coefficient (Wildman–Crippen LogP) is 4.09. The maximum Gasteiger partial charge on any atom is 0.256 e. The Morgan fingerprint density at radius 2 is 2.03 bits per heavy atom. The lowest BCUT2D eigenvalue weighted by molar-refractivity contribution is 0.102. The number of hydrogen-bond acceptors (Lipinski definition) is 7. The highest BCUT2D eigenvalue weighted by atomic mass is 32.2. The summed E-state index contributed by atoms with van der Waals surface area (Å²) in [6.07, 6.45) is 0.483. The average molecular weight is 483 g/mol. The molecule has 0 spiro atoms. The summed E-state index contributed by atoms with van der Waals surface area (Å²) < 4.78 is 31.1. The first kappa shape index (κ1) is 21.6. The van der Waals surface area contributed by atoms with Crippen molar-refractivity contribution in [3.63, 3.8) is 0 Å². The molecular formula is C23H22N4O4S2. The maximum atomic E-state index is 13.4. The molecule has 1 aliphatic heterocycles. The van der Waals surface area contributed by atoms with Crippen molar-refractivity contribution >= 4 is 43.8 Å². The lowest BCUT2D eigenvalue weighted by atomic mass is 10.1. The minimum absolute atomic E-state index is 0.0293. The fourth-order valence-corrected chi connectivity index (χ4v) is 6.52. The molecule has 5 rings (SSSR count). The highest BCUT2D eigenvalue weighted by Gasteiger charge is 2.32. The molecule has 0 bridgehead atoms. The fourth-order valence-electron chi connectivity index (χ4n) is 4.14. The highest BCUT2D eigenvalue weighted by molar-refractivity contribution is 7.91. The van der Waals surface area contributed by atoms with Crippen molar-refractivity contribution in [1.29, 1.82) is 0 Å². The van der Waals surface area contributed by atoms with Crippen LogP contribution in [0.4, 0.5) is 5.69 Å². The van der Waals surface area contributed by atoms with Crippen LogP contribution < -0.4 is 10.1 Å². The summed E-state index contributed by atoms with van der Waals surface area (Å²) in [4.78, 5) is 19.1. The van der Waals surface area contributed by atoms with E-state index in [0.29, 0.717) is 45.8 Å². The summed E-state index contributed by atoms with van der Waals surface area (Å²) in [5.74, 6) is 0.574. The van der Waals surface area contributed by atoms with Gasteiger partial charge in [-0.05, 0) is 55.1 Å². The number of anilines is 1. The molecule has 4 heterocycles. The Morgan fingerprint density at radius 3 is 2.67 bits per heavy atom. The van der Waals surface area contributed by atoms with Gasteiger partial charge in [-0.15, -0.1) is 11.3 Å². The molecule has 1 atom stereocenters. The lowest BCUT2D eigenvalue weighted by Gasteiger charge is -2.12. The zero-order chi connectivity index (χ0) is 23.2. The van der Waals surface area contributed by atoms with E-state index in [9.17, 15) is 13.2 Å². The second kappa shape index (κ2) is 8.27. The Labute approximate surface area is 195 Å². The molecule has 1 saturated heterocycles. The van der Waals surface area contributed by atoms with Crippen LogP contribution in [-0.4, -0.2) is 47.7 Å². The van der Waals surface area contributed by atoms with Gasteiger partial charge in [0.05, 0.1) is 51.9 Å². The van der Waals surface area contributed by atoms with E-state index < -0.39 is 9.84 Å². The van der Waals surface area contributed by atoms with Gasteiger partial charge in [-0.3, -0.25) is 4.79 Å². The van der Waals surface area contributed by atoms with Crippen LogP contribution in [0.3, 0.4) is 0 Å². The van der Waals surface area contributed by atoms with Gasteiger partial charge in [-0.1, -0.05) is 6.07 Å². The molecule has 4 aromatic rings. The quantitative estimate of drug-likeness (QED) is 0.460. The van der Waals surface area contributed by atoms with Crippen LogP contribution in [0, 0.1) is 6.92 Å². The Bertz CT molecular complexity index is 1440. The monoisotopic (exact) mass is 482 g/mol. The summed E-state index contributed by atoms with van der Waals surface area (Å²) in [5, 5.41) is 10.1. The molecule has 33 heavy (non-hydrogen) atoms. The van der Waals surface area contributed by atoms with Gasteiger partial charge in [0.25, 0.3) is 5.91 Å². The van der Waals surface area contributed by atoms with Crippen molar-refractivity contribution in [1.82, 2.24) is 14.8 Å². The third-order valence-electron chi connectivity index (χ3n) is 5.76. The minimum atomic E-state index is -3.11. The first-order valence-corrected chi connectivity index (χ1v) is 13.1. The number of amides is 1. The van der Waals surface area contributed by atoms with Gasteiger partial charge in [0.15, 0.2) is 15.5 Å². The normalized spacial score (nSPS) is 17.3. The largest absolute Gasteiger partial charge is 0.497 e. The third kappa shape index (κ3) is 4.11. The molecule has 1 unspecified atom stereocenters. The number of benzene rings is 1. The topological polar surface area (TPSA) is 103 Å². The van der Waals surface area contributed by atoms with Crippen molar-refractivity contribution in [2.24, 2.45) is 0 Å². The van der Waals surface area contributed by atoms with Crippen molar-refractivity contribution in [3.8, 4) is 16.3 Å². The zero-order valence-electron chi connectivity index (χ0n) is 18.1. The number of rotatable bonds is 5. The number of fused-ring (bicyclic) bond motifs is 1. The van der Waals surface area contributed by atoms with Crippen molar-refractivity contribution < 1.29 is 17.9 Å². The number of ether oxygens (including phenoxy) is 1. The van der Waals surface area contributed by atoms with E-state index in [2.05, 4.69) is 10.4 Å². The van der Waals surface area contributed by atoms with Gasteiger partial charge in [0.2, 0.25) is 0 Å². The number of carbonyl (C=O) groups excluding carboxylic acids is 1. The maximum absolute atomic E-state index is 13.4. The van der Waals surface area contributed by atoms with Crippen LogP contribution >= 0.6 is 11.3 Å². The van der Waals surface area contributed by atoms with E-state index in [0.717, 1.165) is 4.88 Å². The highest BCUT2D eigenvalue weighted by Crippen LogP contribution is 2.33. The number of hydrogen-bond donors (Lipinski definition) is 1. The predicted molar refractivity (Wildman–Crippen MR) is 129 cm³/mol. The van der Waals surface area contributed by atoms with E-state index in [1.165, 1.54) is 11.3 Å².